The topological polar surface area (TPSA) is 110 Å². The van der Waals surface area contributed by atoms with Gasteiger partial charge in [0.15, 0.2) is 0 Å². The molecular weight excluding hydrogens is 266 g/mol. The van der Waals surface area contributed by atoms with E-state index in [9.17, 15) is 19.5 Å². The number of hydrogen-bond donors (Lipinski definition) is 3. The molecule has 0 radical (unpaired) electrons. The number of aliphatic hydroxyl groups excluding tert-OH is 1. The van der Waals surface area contributed by atoms with E-state index in [2.05, 4.69) is 5.32 Å². The minimum absolute atomic E-state index is 0.0735. The molecule has 8 heteroatoms. The van der Waals surface area contributed by atoms with Crippen LogP contribution in [0.2, 0.25) is 0 Å². The molecule has 8 nitrogen and oxygen atoms in total. The Balaban J connectivity index is 1.97. The molecule has 1 saturated heterocycles. The summed E-state index contributed by atoms with van der Waals surface area (Å²) < 4.78 is 0. The quantitative estimate of drug-likeness (QED) is 0.596. The number of carbonyl (C=O) groups is 3. The average molecular weight is 285 g/mol. The number of carboxylic acids is 1. The Morgan fingerprint density at radius 3 is 2.65 bits per heavy atom. The Bertz CT molecular complexity index is 421. The molecule has 112 valence electrons. The zero-order chi connectivity index (χ0) is 14.9. The summed E-state index contributed by atoms with van der Waals surface area (Å²) in [4.78, 5) is 37.2. The minimum atomic E-state index is -1.13. The van der Waals surface area contributed by atoms with E-state index in [1.54, 1.807) is 7.05 Å². The van der Waals surface area contributed by atoms with Gasteiger partial charge in [0.1, 0.15) is 12.6 Å². The fourth-order valence-electron chi connectivity index (χ4n) is 2.60. The number of piperazine rings is 1. The molecule has 1 atom stereocenters. The van der Waals surface area contributed by atoms with Gasteiger partial charge < -0.3 is 20.4 Å². The van der Waals surface area contributed by atoms with Gasteiger partial charge >= 0.3 is 12.0 Å². The summed E-state index contributed by atoms with van der Waals surface area (Å²) in [5, 5.41) is 20.8. The molecule has 20 heavy (non-hydrogen) atoms. The summed E-state index contributed by atoms with van der Waals surface area (Å²) in [5.74, 6) is -1.25. The van der Waals surface area contributed by atoms with Gasteiger partial charge in [0.05, 0.1) is 6.10 Å². The molecule has 0 aromatic heterocycles. The maximum Gasteiger partial charge on any atom is 0.328 e. The molecule has 2 rings (SSSR count). The summed E-state index contributed by atoms with van der Waals surface area (Å²) in [6, 6.07) is -1.50. The van der Waals surface area contributed by atoms with Crippen molar-refractivity contribution >= 4 is 17.9 Å². The number of rotatable bonds is 3. The standard InChI is InChI=1S/C12H19N3O5/c1-14(5-7-2-8(16)3-7)12(20)15-6-10(17)13-4-9(15)11(18)19/h7-9,16H,2-6H2,1H3,(H,13,17)(H,18,19). The van der Waals surface area contributed by atoms with Crippen molar-refractivity contribution in [3.05, 3.63) is 0 Å². The van der Waals surface area contributed by atoms with Crippen molar-refractivity contribution in [2.75, 3.05) is 26.7 Å². The van der Waals surface area contributed by atoms with Gasteiger partial charge in [0.2, 0.25) is 5.91 Å². The van der Waals surface area contributed by atoms with Gasteiger partial charge in [-0.25, -0.2) is 9.59 Å². The number of urea groups is 1. The molecule has 1 unspecified atom stereocenters. The highest BCUT2D eigenvalue weighted by Crippen LogP contribution is 2.27. The van der Waals surface area contributed by atoms with Gasteiger partial charge in [0, 0.05) is 20.1 Å². The predicted octanol–water partition coefficient (Wildman–Crippen LogP) is -1.31. The highest BCUT2D eigenvalue weighted by atomic mass is 16.4. The lowest BCUT2D eigenvalue weighted by atomic mass is 9.82. The smallest absolute Gasteiger partial charge is 0.328 e. The van der Waals surface area contributed by atoms with Crippen LogP contribution in [0.5, 0.6) is 0 Å². The van der Waals surface area contributed by atoms with Crippen molar-refractivity contribution in [3.8, 4) is 0 Å². The molecule has 1 saturated carbocycles. The van der Waals surface area contributed by atoms with Crippen LogP contribution >= 0.6 is 0 Å². The lowest BCUT2D eigenvalue weighted by Crippen LogP contribution is -2.61. The first kappa shape index (κ1) is 14.6. The zero-order valence-corrected chi connectivity index (χ0v) is 11.3. The number of hydrogen-bond acceptors (Lipinski definition) is 4. The van der Waals surface area contributed by atoms with Crippen LogP contribution in [-0.4, -0.2) is 76.7 Å². The van der Waals surface area contributed by atoms with Crippen molar-refractivity contribution in [2.24, 2.45) is 5.92 Å². The number of carbonyl (C=O) groups excluding carboxylic acids is 2. The summed E-state index contributed by atoms with van der Waals surface area (Å²) in [6.45, 7) is 0.143. The number of amides is 3. The molecule has 1 heterocycles. The summed E-state index contributed by atoms with van der Waals surface area (Å²) in [7, 11) is 1.58. The lowest BCUT2D eigenvalue weighted by molar-refractivity contribution is -0.144. The molecule has 3 N–H and O–H groups in total. The molecule has 0 aromatic rings. The van der Waals surface area contributed by atoms with E-state index in [1.807, 2.05) is 0 Å². The number of nitrogens with one attached hydrogen (secondary N) is 1. The lowest BCUT2D eigenvalue weighted by Gasteiger charge is -2.38. The van der Waals surface area contributed by atoms with Crippen molar-refractivity contribution in [3.63, 3.8) is 0 Å². The van der Waals surface area contributed by atoms with Crippen molar-refractivity contribution < 1.29 is 24.6 Å². The van der Waals surface area contributed by atoms with Gasteiger partial charge in [-0.05, 0) is 18.8 Å². The van der Waals surface area contributed by atoms with Gasteiger partial charge in [-0.3, -0.25) is 9.69 Å². The number of aliphatic hydroxyl groups is 1. The average Bonchev–Trinajstić information content (AvgIpc) is 2.35. The van der Waals surface area contributed by atoms with Crippen LogP contribution in [0.4, 0.5) is 4.79 Å². The van der Waals surface area contributed by atoms with Crippen LogP contribution in [0.3, 0.4) is 0 Å². The van der Waals surface area contributed by atoms with Crippen LogP contribution in [-0.2, 0) is 9.59 Å². The molecule has 0 aromatic carbocycles. The Morgan fingerprint density at radius 2 is 2.10 bits per heavy atom. The Hall–Kier alpha value is -1.83. The number of nitrogens with zero attached hydrogens (tertiary/aromatic N) is 2. The van der Waals surface area contributed by atoms with E-state index < -0.39 is 18.0 Å². The third kappa shape index (κ3) is 3.01. The molecule has 3 amide bonds. The second-order valence-electron chi connectivity index (χ2n) is 5.44. The number of aliphatic carboxylic acids is 1. The van der Waals surface area contributed by atoms with Gasteiger partial charge in [-0.2, -0.15) is 0 Å². The first-order valence-corrected chi connectivity index (χ1v) is 6.57. The fourth-order valence-corrected chi connectivity index (χ4v) is 2.60. The van der Waals surface area contributed by atoms with E-state index >= 15 is 0 Å². The second-order valence-corrected chi connectivity index (χ2v) is 5.44. The van der Waals surface area contributed by atoms with E-state index in [0.717, 1.165) is 4.90 Å². The highest BCUT2D eigenvalue weighted by molar-refractivity contribution is 5.90. The summed E-state index contributed by atoms with van der Waals surface area (Å²) in [5.41, 5.74) is 0. The van der Waals surface area contributed by atoms with Crippen molar-refractivity contribution in [2.45, 2.75) is 25.0 Å². The maximum absolute atomic E-state index is 12.3. The zero-order valence-electron chi connectivity index (χ0n) is 11.3. The minimum Gasteiger partial charge on any atom is -0.480 e. The largest absolute Gasteiger partial charge is 0.480 e. The molecule has 1 aliphatic carbocycles. The van der Waals surface area contributed by atoms with Crippen LogP contribution in [0.15, 0.2) is 0 Å². The second kappa shape index (κ2) is 5.66. The SMILES string of the molecule is CN(CC1CC(O)C1)C(=O)N1CC(=O)NCC1C(=O)O. The Morgan fingerprint density at radius 1 is 1.45 bits per heavy atom. The fraction of sp³-hybridized carbons (Fsp3) is 0.750. The normalized spacial score (nSPS) is 29.4. The van der Waals surface area contributed by atoms with E-state index in [1.165, 1.54) is 4.90 Å². The van der Waals surface area contributed by atoms with Crippen LogP contribution < -0.4 is 5.32 Å². The molecular formula is C12H19N3O5. The molecule has 2 fully saturated rings. The third-order valence-corrected chi connectivity index (χ3v) is 3.78. The van der Waals surface area contributed by atoms with E-state index in [4.69, 9.17) is 5.11 Å². The third-order valence-electron chi connectivity index (χ3n) is 3.78. The monoisotopic (exact) mass is 285 g/mol. The Kier molecular flexibility index (Phi) is 4.12. The van der Waals surface area contributed by atoms with Crippen LogP contribution in [0.1, 0.15) is 12.8 Å². The van der Waals surface area contributed by atoms with E-state index in [-0.39, 0.29) is 31.0 Å². The predicted molar refractivity (Wildman–Crippen MR) is 67.9 cm³/mol. The van der Waals surface area contributed by atoms with Gasteiger partial charge in [-0.1, -0.05) is 0 Å². The molecule has 2 aliphatic rings. The number of carboxylic acid groups (broad SMARTS) is 1. The molecule has 0 spiro atoms. The first-order valence-electron chi connectivity index (χ1n) is 6.57. The van der Waals surface area contributed by atoms with Crippen LogP contribution in [0, 0.1) is 5.92 Å². The van der Waals surface area contributed by atoms with Crippen molar-refractivity contribution in [1.82, 2.24) is 15.1 Å². The van der Waals surface area contributed by atoms with Gasteiger partial charge in [0.25, 0.3) is 0 Å². The Labute approximate surface area is 116 Å². The first-order chi connectivity index (χ1) is 9.38. The summed E-state index contributed by atoms with van der Waals surface area (Å²) >= 11 is 0. The maximum atomic E-state index is 12.3. The van der Waals surface area contributed by atoms with Crippen molar-refractivity contribution in [1.29, 1.82) is 0 Å². The summed E-state index contributed by atoms with van der Waals surface area (Å²) in [6.07, 6.45) is 1.01. The van der Waals surface area contributed by atoms with E-state index in [0.29, 0.717) is 19.4 Å². The van der Waals surface area contributed by atoms with Crippen LogP contribution in [0.25, 0.3) is 0 Å². The molecule has 0 bridgehead atoms. The highest BCUT2D eigenvalue weighted by Gasteiger charge is 2.37. The molecule has 1 aliphatic heterocycles. The van der Waals surface area contributed by atoms with Gasteiger partial charge in [-0.15, -0.1) is 0 Å².